The van der Waals surface area contributed by atoms with Gasteiger partial charge in [0.05, 0.1) is 23.5 Å². The van der Waals surface area contributed by atoms with Crippen LogP contribution in [0.4, 0.5) is 0 Å². The lowest BCUT2D eigenvalue weighted by molar-refractivity contribution is 0.0903. The standard InChI is InChI=1S/C21H28Br2O2.C11H14Br2O2.C10H16O/c1-5-6-7-8-15-18(22)20(24)17(21(25)19(15)23)16-11-13(4)9-10-14(16)12(2)3;1-2-3-4-5-7-10(12)8(14)6-9(15)11(7)13;1-8(2)9-4-6-10(3,11)7-5-9/h11,14,16,24-25H,2,5-10H2,1,3-4H3;6,14-15H,2-5H2,1H3;4,6,9,11H,1,5,7H2,2-3H3/t14-,16+;;9-,10+/m1.1/s1. The molecule has 0 amide bonds. The average molecular weight is 963 g/mol. The molecule has 0 heterocycles. The van der Waals surface area contributed by atoms with Crippen molar-refractivity contribution in [2.45, 2.75) is 130 Å². The minimum absolute atomic E-state index is 0.0523. The minimum Gasteiger partial charge on any atom is -0.507 e. The number of phenolic OH excluding ortho intramolecular Hbond substituents is 4. The highest BCUT2D eigenvalue weighted by Crippen LogP contribution is 2.52. The van der Waals surface area contributed by atoms with Gasteiger partial charge in [0.25, 0.3) is 0 Å². The van der Waals surface area contributed by atoms with E-state index in [4.69, 9.17) is 0 Å². The molecule has 4 rings (SSSR count). The quantitative estimate of drug-likeness (QED) is 0.114. The van der Waals surface area contributed by atoms with Crippen LogP contribution in [0, 0.1) is 11.8 Å². The Morgan fingerprint density at radius 2 is 1.27 bits per heavy atom. The summed E-state index contributed by atoms with van der Waals surface area (Å²) in [5.41, 5.74) is 5.47. The third-order valence-electron chi connectivity index (χ3n) is 9.77. The van der Waals surface area contributed by atoms with E-state index < -0.39 is 5.60 Å². The van der Waals surface area contributed by atoms with Gasteiger partial charge in [-0.15, -0.1) is 0 Å². The maximum absolute atomic E-state index is 10.9. The first-order valence-corrected chi connectivity index (χ1v) is 21.3. The van der Waals surface area contributed by atoms with Crippen LogP contribution >= 0.6 is 63.7 Å². The molecule has 0 aliphatic heterocycles. The lowest BCUT2D eigenvalue weighted by atomic mass is 9.73. The third kappa shape index (κ3) is 13.1. The fourth-order valence-corrected chi connectivity index (χ4v) is 9.29. The van der Waals surface area contributed by atoms with E-state index in [1.807, 2.05) is 26.8 Å². The van der Waals surface area contributed by atoms with E-state index in [2.05, 4.69) is 110 Å². The van der Waals surface area contributed by atoms with Crippen molar-refractivity contribution >= 4 is 63.7 Å². The summed E-state index contributed by atoms with van der Waals surface area (Å²) in [4.78, 5) is 0. The smallest absolute Gasteiger partial charge is 0.137 e. The Labute approximate surface area is 340 Å². The molecule has 2 aromatic carbocycles. The number of benzene rings is 2. The van der Waals surface area contributed by atoms with E-state index in [-0.39, 0.29) is 34.8 Å². The second-order valence-electron chi connectivity index (χ2n) is 14.4. The van der Waals surface area contributed by atoms with E-state index in [1.54, 1.807) is 0 Å². The number of rotatable bonds is 11. The van der Waals surface area contributed by atoms with Gasteiger partial charge < -0.3 is 25.5 Å². The molecule has 4 atom stereocenters. The number of allylic oxidation sites excluding steroid dienone is 5. The Morgan fingerprint density at radius 1 is 0.784 bits per heavy atom. The molecule has 2 aliphatic rings. The Balaban J connectivity index is 0.000000293. The molecular weight excluding hydrogens is 904 g/mol. The number of hydrogen-bond acceptors (Lipinski definition) is 5. The number of aliphatic hydroxyl groups is 1. The van der Waals surface area contributed by atoms with Crippen LogP contribution < -0.4 is 0 Å². The molecule has 0 aromatic heterocycles. The molecule has 0 saturated heterocycles. The predicted octanol–water partition coefficient (Wildman–Crippen LogP) is 14.0. The zero-order valence-corrected chi connectivity index (χ0v) is 37.5. The molecule has 2 aromatic rings. The normalized spacial score (nSPS) is 21.2. The number of phenols is 4. The van der Waals surface area contributed by atoms with E-state index in [9.17, 15) is 25.5 Å². The van der Waals surface area contributed by atoms with Gasteiger partial charge in [0.1, 0.15) is 23.0 Å². The molecule has 2 aliphatic carbocycles. The predicted molar refractivity (Wildman–Crippen MR) is 228 cm³/mol. The lowest BCUT2D eigenvalue weighted by Crippen LogP contribution is -2.25. The van der Waals surface area contributed by atoms with Crippen LogP contribution in [0.3, 0.4) is 0 Å². The van der Waals surface area contributed by atoms with Crippen molar-refractivity contribution < 1.29 is 25.5 Å². The summed E-state index contributed by atoms with van der Waals surface area (Å²) in [6.07, 6.45) is 18.3. The maximum Gasteiger partial charge on any atom is 0.137 e. The lowest BCUT2D eigenvalue weighted by Gasteiger charge is -2.32. The number of aromatic hydroxyl groups is 4. The first kappa shape index (κ1) is 45.6. The highest BCUT2D eigenvalue weighted by molar-refractivity contribution is 9.11. The second-order valence-corrected chi connectivity index (χ2v) is 17.6. The summed E-state index contributed by atoms with van der Waals surface area (Å²) in [5.74, 6) is 1.15. The highest BCUT2D eigenvalue weighted by Gasteiger charge is 2.33. The van der Waals surface area contributed by atoms with Crippen molar-refractivity contribution in [1.82, 2.24) is 0 Å². The van der Waals surface area contributed by atoms with E-state index >= 15 is 0 Å². The van der Waals surface area contributed by atoms with Gasteiger partial charge in [-0.1, -0.05) is 87.6 Å². The van der Waals surface area contributed by atoms with Crippen molar-refractivity contribution in [3.63, 3.8) is 0 Å². The van der Waals surface area contributed by atoms with Gasteiger partial charge in [0.15, 0.2) is 0 Å². The molecule has 0 unspecified atom stereocenters. The fraction of sp³-hybridized carbons (Fsp3) is 0.524. The van der Waals surface area contributed by atoms with Crippen LogP contribution in [0.1, 0.15) is 128 Å². The topological polar surface area (TPSA) is 101 Å². The first-order valence-electron chi connectivity index (χ1n) is 18.1. The van der Waals surface area contributed by atoms with Crippen LogP contribution in [0.15, 0.2) is 72.1 Å². The van der Waals surface area contributed by atoms with Crippen molar-refractivity contribution in [3.05, 3.63) is 88.8 Å². The zero-order chi connectivity index (χ0) is 38.6. The minimum atomic E-state index is -0.577. The van der Waals surface area contributed by atoms with Gasteiger partial charge in [-0.25, -0.2) is 0 Å². The van der Waals surface area contributed by atoms with Gasteiger partial charge in [-0.2, -0.15) is 0 Å². The first-order chi connectivity index (χ1) is 23.9. The van der Waals surface area contributed by atoms with Crippen LogP contribution in [0.5, 0.6) is 23.0 Å². The summed E-state index contributed by atoms with van der Waals surface area (Å²) in [6.45, 7) is 20.4. The summed E-state index contributed by atoms with van der Waals surface area (Å²) in [6, 6.07) is 1.33. The third-order valence-corrected chi connectivity index (χ3v) is 13.2. The fourth-order valence-electron chi connectivity index (χ4n) is 6.52. The Morgan fingerprint density at radius 3 is 1.69 bits per heavy atom. The zero-order valence-electron chi connectivity index (χ0n) is 31.2. The molecule has 9 heteroatoms. The van der Waals surface area contributed by atoms with Crippen molar-refractivity contribution in [1.29, 1.82) is 0 Å². The largest absolute Gasteiger partial charge is 0.507 e. The summed E-state index contributed by atoms with van der Waals surface area (Å²) in [5, 5.41) is 50.4. The number of unbranched alkanes of at least 4 members (excludes halogenated alkanes) is 4. The van der Waals surface area contributed by atoms with Gasteiger partial charge in [-0.3, -0.25) is 0 Å². The van der Waals surface area contributed by atoms with Crippen LogP contribution in [0.2, 0.25) is 0 Å². The Bertz CT molecular complexity index is 1520. The van der Waals surface area contributed by atoms with Crippen LogP contribution in [0.25, 0.3) is 0 Å². The molecule has 0 bridgehead atoms. The van der Waals surface area contributed by atoms with Crippen molar-refractivity contribution in [3.8, 4) is 23.0 Å². The molecule has 5 N–H and O–H groups in total. The number of hydrogen-bond donors (Lipinski definition) is 5. The summed E-state index contributed by atoms with van der Waals surface area (Å²) >= 11 is 13.8. The van der Waals surface area contributed by atoms with Crippen molar-refractivity contribution in [2.24, 2.45) is 11.8 Å². The Hall–Kier alpha value is -1.52. The van der Waals surface area contributed by atoms with E-state index in [0.717, 1.165) is 93.7 Å². The van der Waals surface area contributed by atoms with Gasteiger partial charge >= 0.3 is 0 Å². The molecule has 284 valence electrons. The average Bonchev–Trinajstić information content (AvgIpc) is 3.06. The molecule has 0 saturated carbocycles. The number of halogens is 4. The van der Waals surface area contributed by atoms with Crippen molar-refractivity contribution in [2.75, 3.05) is 0 Å². The molecule has 0 spiro atoms. The Kier molecular flexibility index (Phi) is 19.1. The molecule has 5 nitrogen and oxygen atoms in total. The van der Waals surface area contributed by atoms with Gasteiger partial charge in [0, 0.05) is 17.5 Å². The highest BCUT2D eigenvalue weighted by atomic mass is 79.9. The van der Waals surface area contributed by atoms with E-state index in [1.165, 1.54) is 17.2 Å². The molecule has 51 heavy (non-hydrogen) atoms. The molecule has 0 radical (unpaired) electrons. The maximum atomic E-state index is 10.9. The molecular formula is C42H58Br4O5. The van der Waals surface area contributed by atoms with Gasteiger partial charge in [-0.05, 0) is 166 Å². The second kappa shape index (κ2) is 21.4. The van der Waals surface area contributed by atoms with E-state index in [0.29, 0.717) is 29.4 Å². The SMILES string of the molecule is C=C(C)[C@@H]1C=C[C@](C)(O)CC1.C=C(C)[C@H]1CCC(C)=C[C@@H]1c1c(O)c(Br)c(CCCCC)c(Br)c1O.CCCCCc1c(Br)c(O)cc(O)c1Br. The summed E-state index contributed by atoms with van der Waals surface area (Å²) in [7, 11) is 0. The van der Waals surface area contributed by atoms with Crippen LogP contribution in [-0.4, -0.2) is 31.1 Å². The van der Waals surface area contributed by atoms with Gasteiger partial charge in [0.2, 0.25) is 0 Å². The van der Waals surface area contributed by atoms with Crippen LogP contribution in [-0.2, 0) is 12.8 Å². The monoisotopic (exact) mass is 958 g/mol. The molecule has 0 fully saturated rings. The summed E-state index contributed by atoms with van der Waals surface area (Å²) < 4.78 is 2.73.